The number of aliphatic hydroxyl groups excluding tert-OH is 1. The van der Waals surface area contributed by atoms with E-state index in [1.165, 1.54) is 7.11 Å². The molecule has 4 aliphatic rings. The summed E-state index contributed by atoms with van der Waals surface area (Å²) in [6.45, 7) is 7.39. The Hall–Kier alpha value is -6.08. The molecule has 254 valence electrons. The third kappa shape index (κ3) is 4.57. The van der Waals surface area contributed by atoms with Crippen LogP contribution in [0.2, 0.25) is 0 Å². The Labute approximate surface area is 293 Å². The Morgan fingerprint density at radius 3 is 2.35 bits per heavy atom. The van der Waals surface area contributed by atoms with Gasteiger partial charge in [0.2, 0.25) is 0 Å². The van der Waals surface area contributed by atoms with Crippen LogP contribution < -0.4 is 0 Å². The molecule has 2 aliphatic carbocycles. The number of esters is 1. The minimum Gasteiger partial charge on any atom is -0.469 e. The number of hydrogen-bond acceptors (Lipinski definition) is 10. The molecule has 8 bridgehead atoms. The summed E-state index contributed by atoms with van der Waals surface area (Å²) in [6, 6.07) is 13.5. The van der Waals surface area contributed by atoms with Gasteiger partial charge in [-0.25, -0.2) is 0 Å². The van der Waals surface area contributed by atoms with Crippen LogP contribution in [0.3, 0.4) is 0 Å². The average Bonchev–Trinajstić information content (AvgIpc) is 3.89. The molecule has 12 nitrogen and oxygen atoms in total. The lowest BCUT2D eigenvalue weighted by molar-refractivity contribution is -0.140. The van der Waals surface area contributed by atoms with Gasteiger partial charge in [0.25, 0.3) is 0 Å². The lowest BCUT2D eigenvalue weighted by atomic mass is 9.53. The number of allylic oxidation sites excluding steroid dienone is 2. The molecule has 0 aromatic carbocycles. The van der Waals surface area contributed by atoms with Crippen LogP contribution in [0.5, 0.6) is 0 Å². The van der Waals surface area contributed by atoms with Gasteiger partial charge >= 0.3 is 5.97 Å². The van der Waals surface area contributed by atoms with Gasteiger partial charge in [0.05, 0.1) is 66.0 Å². The van der Waals surface area contributed by atoms with Gasteiger partial charge in [-0.3, -0.25) is 19.6 Å². The molecule has 3 aromatic heterocycles. The molecule has 2 unspecified atom stereocenters. The van der Waals surface area contributed by atoms with E-state index >= 15 is 0 Å². The Balaban J connectivity index is 1.63. The van der Waals surface area contributed by atoms with Crippen molar-refractivity contribution in [3.8, 4) is 24.3 Å². The van der Waals surface area contributed by atoms with Gasteiger partial charge in [0.15, 0.2) is 16.6 Å². The second-order valence-electron chi connectivity index (χ2n) is 13.9. The number of carbonyl (C=O) groups is 2. The molecule has 4 atom stereocenters. The number of nitriles is 4. The fraction of sp³-hybridized carbons (Fsp3) is 0.385. The maximum Gasteiger partial charge on any atom is 0.305 e. The molecule has 0 amide bonds. The highest BCUT2D eigenvalue weighted by atomic mass is 16.5. The molecule has 5 heterocycles. The van der Waals surface area contributed by atoms with Crippen molar-refractivity contribution in [2.75, 3.05) is 7.11 Å². The van der Waals surface area contributed by atoms with Crippen LogP contribution in [0.25, 0.3) is 27.6 Å². The summed E-state index contributed by atoms with van der Waals surface area (Å²) in [7, 11) is 1.36. The maximum atomic E-state index is 13.7. The van der Waals surface area contributed by atoms with E-state index < -0.39 is 22.9 Å². The number of fused-ring (bicyclic) bond motifs is 11. The SMILES string of the molecule is COC(=O)CC[C@@H]1c2nc(cc3[nH]c(cc4nc(cc5[nH]c6c2CC(=O)c6c5C)C2=CCC(C#N)(C#N)C(C#N)(C#N)C24)c(C(C)O)c3C)[C@H]1C. The number of aromatic nitrogens is 4. The van der Waals surface area contributed by atoms with Crippen LogP contribution >= 0.6 is 0 Å². The zero-order valence-corrected chi connectivity index (χ0v) is 28.8. The van der Waals surface area contributed by atoms with E-state index in [-0.39, 0.29) is 48.5 Å². The minimum absolute atomic E-state index is 0.0649. The van der Waals surface area contributed by atoms with E-state index in [0.717, 1.165) is 22.5 Å². The molecular weight excluding hydrogens is 644 g/mol. The predicted molar refractivity (Wildman–Crippen MR) is 184 cm³/mol. The molecule has 0 saturated heterocycles. The summed E-state index contributed by atoms with van der Waals surface area (Å²) < 4.78 is 4.95. The van der Waals surface area contributed by atoms with Crippen LogP contribution in [-0.4, -0.2) is 43.9 Å². The highest BCUT2D eigenvalue weighted by molar-refractivity contribution is 6.13. The maximum absolute atomic E-state index is 13.7. The van der Waals surface area contributed by atoms with Crippen LogP contribution in [0.4, 0.5) is 0 Å². The molecular formula is C39H34N8O4. The molecule has 51 heavy (non-hydrogen) atoms. The average molecular weight is 679 g/mol. The lowest BCUT2D eigenvalue weighted by Gasteiger charge is -2.39. The fourth-order valence-electron chi connectivity index (χ4n) is 8.55. The van der Waals surface area contributed by atoms with Crippen LogP contribution in [-0.2, 0) is 16.0 Å². The number of H-pyrrole nitrogens is 2. The van der Waals surface area contributed by atoms with Crippen LogP contribution in [0.15, 0.2) is 24.3 Å². The normalized spacial score (nSPS) is 21.3. The smallest absolute Gasteiger partial charge is 0.305 e. The molecule has 12 heteroatoms. The first-order valence-corrected chi connectivity index (χ1v) is 16.8. The number of rotatable bonds is 4. The third-order valence-electron chi connectivity index (χ3n) is 11.3. The number of Topliss-reactive ketones (excluding diaryl/α,β-unsaturated/α-hetero) is 1. The summed E-state index contributed by atoms with van der Waals surface area (Å²) in [5.74, 6) is -1.78. The van der Waals surface area contributed by atoms with Gasteiger partial charge in [0.1, 0.15) is 0 Å². The number of aryl methyl sites for hydroxylation is 2. The van der Waals surface area contributed by atoms with Crippen molar-refractivity contribution < 1.29 is 19.4 Å². The predicted octanol–water partition coefficient (Wildman–Crippen LogP) is 6.20. The number of ether oxygens (including phenoxy) is 1. The zero-order chi connectivity index (χ0) is 36.6. The first kappa shape index (κ1) is 33.4. The summed E-state index contributed by atoms with van der Waals surface area (Å²) in [6.07, 6.45) is 1.41. The number of nitrogens with zero attached hydrogens (tertiary/aromatic N) is 6. The lowest BCUT2D eigenvalue weighted by Crippen LogP contribution is -2.44. The van der Waals surface area contributed by atoms with Crippen molar-refractivity contribution in [2.45, 2.75) is 77.2 Å². The fourth-order valence-corrected chi connectivity index (χ4v) is 8.55. The van der Waals surface area contributed by atoms with E-state index in [0.29, 0.717) is 56.4 Å². The molecule has 0 saturated carbocycles. The van der Waals surface area contributed by atoms with Gasteiger partial charge in [-0.15, -0.1) is 0 Å². The first-order valence-electron chi connectivity index (χ1n) is 16.8. The standard InChI is InChI=1S/C39H34N8O4/c1-18-22(6-7-32(50)51-5)36-24-10-31(49)34-20(3)27(47-37(24)34)12-28-23-8-9-38(14-40,15-41)39(16-42,17-43)35(23)30(45-28)13-29-33(21(4)48)19(2)26(44-29)11-25(18)46-36/h8,11-13,18,21-22,35,44,47-48H,6-7,9-10H2,1-5H3/t18-,21?,22-,35?/m0/s1. The van der Waals surface area contributed by atoms with Gasteiger partial charge in [-0.2, -0.15) is 21.0 Å². The van der Waals surface area contributed by atoms with E-state index in [9.17, 15) is 35.7 Å². The summed E-state index contributed by atoms with van der Waals surface area (Å²) >= 11 is 0. The number of aliphatic hydroxyl groups is 1. The highest BCUT2D eigenvalue weighted by Crippen LogP contribution is 2.60. The van der Waals surface area contributed by atoms with Crippen molar-refractivity contribution >= 4 is 39.4 Å². The van der Waals surface area contributed by atoms with Gasteiger partial charge in [0, 0.05) is 70.0 Å². The van der Waals surface area contributed by atoms with E-state index in [1.54, 1.807) is 25.1 Å². The minimum atomic E-state index is -2.11. The highest BCUT2D eigenvalue weighted by Gasteiger charge is 2.63. The third-order valence-corrected chi connectivity index (χ3v) is 11.3. The van der Waals surface area contributed by atoms with E-state index in [2.05, 4.69) is 22.1 Å². The molecule has 0 radical (unpaired) electrons. The van der Waals surface area contributed by atoms with Crippen molar-refractivity contribution in [3.63, 3.8) is 0 Å². The monoisotopic (exact) mass is 678 g/mol. The summed E-state index contributed by atoms with van der Waals surface area (Å²) in [5.41, 5.74) is 4.33. The summed E-state index contributed by atoms with van der Waals surface area (Å²) in [5, 5.41) is 52.9. The zero-order valence-electron chi connectivity index (χ0n) is 28.8. The molecule has 3 N–H and O–H groups in total. The Morgan fingerprint density at radius 2 is 1.71 bits per heavy atom. The van der Waals surface area contributed by atoms with Crippen molar-refractivity contribution in [2.24, 2.45) is 10.8 Å². The van der Waals surface area contributed by atoms with Crippen molar-refractivity contribution in [1.29, 1.82) is 21.0 Å². The number of ketones is 1. The molecule has 0 fully saturated rings. The molecule has 0 spiro atoms. The number of hydrogen-bond donors (Lipinski definition) is 3. The molecule has 2 aliphatic heterocycles. The first-order chi connectivity index (χ1) is 24.4. The number of methoxy groups -OCH3 is 1. The molecule has 7 rings (SSSR count). The number of carbonyl (C=O) groups excluding carboxylic acids is 2. The second-order valence-corrected chi connectivity index (χ2v) is 13.9. The van der Waals surface area contributed by atoms with E-state index in [4.69, 9.17) is 14.7 Å². The Bertz CT molecular complexity index is 2430. The topological polar surface area (TPSA) is 216 Å². The van der Waals surface area contributed by atoms with Gasteiger partial charge < -0.3 is 19.8 Å². The Morgan fingerprint density at radius 1 is 1.02 bits per heavy atom. The number of aromatic amines is 2. The largest absolute Gasteiger partial charge is 0.469 e. The second kappa shape index (κ2) is 11.8. The van der Waals surface area contributed by atoms with Crippen LogP contribution in [0.1, 0.15) is 112 Å². The summed E-state index contributed by atoms with van der Waals surface area (Å²) in [4.78, 5) is 42.9. The van der Waals surface area contributed by atoms with Crippen molar-refractivity contribution in [1.82, 2.24) is 19.9 Å². The molecule has 3 aromatic rings. The number of nitrogens with one attached hydrogen (secondary N) is 2. The van der Waals surface area contributed by atoms with E-state index in [1.807, 2.05) is 39.0 Å². The quantitative estimate of drug-likeness (QED) is 0.265. The van der Waals surface area contributed by atoms with Gasteiger partial charge in [-0.05, 0) is 62.1 Å². The van der Waals surface area contributed by atoms with Gasteiger partial charge in [-0.1, -0.05) is 13.0 Å². The van der Waals surface area contributed by atoms with Crippen molar-refractivity contribution in [3.05, 3.63) is 74.9 Å². The Kier molecular flexibility index (Phi) is 7.71. The van der Waals surface area contributed by atoms with Crippen LogP contribution in [0, 0.1) is 70.0 Å².